The number of aromatic nitrogens is 1. The van der Waals surface area contributed by atoms with Crippen molar-refractivity contribution < 1.29 is 14.0 Å². The van der Waals surface area contributed by atoms with E-state index in [-0.39, 0.29) is 17.7 Å². The zero-order chi connectivity index (χ0) is 13.1. The molecule has 2 N–H and O–H groups in total. The van der Waals surface area contributed by atoms with Crippen molar-refractivity contribution in [3.8, 4) is 0 Å². The zero-order valence-electron chi connectivity index (χ0n) is 10.3. The molecule has 0 bridgehead atoms. The number of rotatable bonds is 4. The van der Waals surface area contributed by atoms with Crippen LogP contribution in [-0.2, 0) is 4.79 Å². The van der Waals surface area contributed by atoms with Crippen LogP contribution in [0.3, 0.4) is 0 Å². The molecule has 0 unspecified atom stereocenters. The van der Waals surface area contributed by atoms with Crippen molar-refractivity contribution in [2.45, 2.75) is 38.0 Å². The second kappa shape index (κ2) is 5.43. The number of carbonyl (C=O) groups is 2. The predicted octanol–water partition coefficient (Wildman–Crippen LogP) is 1.37. The van der Waals surface area contributed by atoms with Gasteiger partial charge in [-0.2, -0.15) is 0 Å². The molecular weight excluding hydrogens is 254 g/mol. The van der Waals surface area contributed by atoms with Crippen LogP contribution in [0.1, 0.15) is 24.3 Å². The number of imide groups is 1. The Kier molecular flexibility index (Phi) is 3.90. The van der Waals surface area contributed by atoms with Crippen molar-refractivity contribution in [3.05, 3.63) is 11.5 Å². The molecule has 0 radical (unpaired) electrons. The highest BCUT2D eigenvalue weighted by molar-refractivity contribution is 7.99. The molecule has 3 amide bonds. The number of hydrogen-bond donors (Lipinski definition) is 2. The van der Waals surface area contributed by atoms with Crippen LogP contribution < -0.4 is 10.6 Å². The predicted molar refractivity (Wildman–Crippen MR) is 66.4 cm³/mol. The van der Waals surface area contributed by atoms with Gasteiger partial charge in [-0.1, -0.05) is 11.8 Å². The van der Waals surface area contributed by atoms with Crippen molar-refractivity contribution in [3.63, 3.8) is 0 Å². The van der Waals surface area contributed by atoms with E-state index in [1.165, 1.54) is 11.8 Å². The summed E-state index contributed by atoms with van der Waals surface area (Å²) in [5.41, 5.74) is 0.810. The maximum absolute atomic E-state index is 11.5. The molecule has 6 nitrogen and oxygen atoms in total. The zero-order valence-corrected chi connectivity index (χ0v) is 11.1. The van der Waals surface area contributed by atoms with Gasteiger partial charge in [0.2, 0.25) is 5.91 Å². The number of carbonyl (C=O) groups excluding carboxylic acids is 2. The summed E-state index contributed by atoms with van der Waals surface area (Å²) in [7, 11) is 0. The lowest BCUT2D eigenvalue weighted by atomic mass is 10.4. The summed E-state index contributed by atoms with van der Waals surface area (Å²) in [6, 6.07) is -0.189. The first kappa shape index (κ1) is 12.9. The molecule has 98 valence electrons. The largest absolute Gasteiger partial charge is 0.437 e. The number of nitrogens with one attached hydrogen (secondary N) is 2. The van der Waals surface area contributed by atoms with Crippen LogP contribution in [0.5, 0.6) is 0 Å². The average molecular weight is 269 g/mol. The Bertz CT molecular complexity index is 449. The van der Waals surface area contributed by atoms with E-state index in [9.17, 15) is 9.59 Å². The highest BCUT2D eigenvalue weighted by Crippen LogP contribution is 2.20. The van der Waals surface area contributed by atoms with Gasteiger partial charge in [0, 0.05) is 6.04 Å². The third kappa shape index (κ3) is 3.76. The second-order valence-electron chi connectivity index (χ2n) is 4.21. The number of urea groups is 1. The van der Waals surface area contributed by atoms with Crippen LogP contribution in [0, 0.1) is 13.8 Å². The van der Waals surface area contributed by atoms with E-state index in [1.807, 2.05) is 13.8 Å². The standard InChI is InChI=1S/C11H15N3O3S/c1-6-7(2)17-11(12-6)18-5-9(15)14-10(16)13-8-3-4-8/h8H,3-5H2,1-2H3,(H2,13,14,15,16). The first-order valence-corrected chi connectivity index (χ1v) is 6.70. The van der Waals surface area contributed by atoms with Gasteiger partial charge in [-0.05, 0) is 26.7 Å². The summed E-state index contributed by atoms with van der Waals surface area (Å²) in [6.45, 7) is 3.65. The number of amides is 3. The maximum Gasteiger partial charge on any atom is 0.321 e. The fraction of sp³-hybridized carbons (Fsp3) is 0.545. The fourth-order valence-corrected chi connectivity index (χ4v) is 1.96. The maximum atomic E-state index is 11.5. The highest BCUT2D eigenvalue weighted by Gasteiger charge is 2.23. The monoisotopic (exact) mass is 269 g/mol. The van der Waals surface area contributed by atoms with Crippen LogP contribution in [0.2, 0.25) is 0 Å². The second-order valence-corrected chi connectivity index (χ2v) is 5.13. The number of hydrogen-bond acceptors (Lipinski definition) is 5. The van der Waals surface area contributed by atoms with Gasteiger partial charge in [0.15, 0.2) is 0 Å². The van der Waals surface area contributed by atoms with Crippen molar-refractivity contribution >= 4 is 23.7 Å². The third-order valence-electron chi connectivity index (χ3n) is 2.50. The molecule has 7 heteroatoms. The van der Waals surface area contributed by atoms with Crippen LogP contribution >= 0.6 is 11.8 Å². The summed E-state index contributed by atoms with van der Waals surface area (Å²) >= 11 is 1.17. The first-order chi connectivity index (χ1) is 8.54. The molecule has 1 saturated carbocycles. The summed E-state index contributed by atoms with van der Waals surface area (Å²) < 4.78 is 5.32. The van der Waals surface area contributed by atoms with Crippen LogP contribution in [-0.4, -0.2) is 28.7 Å². The summed E-state index contributed by atoms with van der Waals surface area (Å²) in [5.74, 6) is 0.494. The average Bonchev–Trinajstić information content (AvgIpc) is 3.03. The lowest BCUT2D eigenvalue weighted by Gasteiger charge is -2.03. The number of aryl methyl sites for hydroxylation is 2. The normalized spacial score (nSPS) is 14.3. The van der Waals surface area contributed by atoms with E-state index < -0.39 is 6.03 Å². The number of oxazole rings is 1. The first-order valence-electron chi connectivity index (χ1n) is 5.72. The van der Waals surface area contributed by atoms with Crippen LogP contribution in [0.25, 0.3) is 0 Å². The van der Waals surface area contributed by atoms with Gasteiger partial charge in [0.25, 0.3) is 5.22 Å². The Hall–Kier alpha value is -1.50. The van der Waals surface area contributed by atoms with E-state index in [1.54, 1.807) is 0 Å². The summed E-state index contributed by atoms with van der Waals surface area (Å²) in [5, 5.41) is 5.39. The number of nitrogens with zero attached hydrogens (tertiary/aromatic N) is 1. The minimum atomic E-state index is -0.428. The van der Waals surface area contributed by atoms with Gasteiger partial charge >= 0.3 is 6.03 Å². The molecule has 1 fully saturated rings. The molecule has 1 heterocycles. The van der Waals surface area contributed by atoms with Crippen molar-refractivity contribution in [1.82, 2.24) is 15.6 Å². The van der Waals surface area contributed by atoms with E-state index >= 15 is 0 Å². The third-order valence-corrected chi connectivity index (χ3v) is 3.33. The molecule has 0 aromatic carbocycles. The smallest absolute Gasteiger partial charge is 0.321 e. The van der Waals surface area contributed by atoms with Crippen molar-refractivity contribution in [2.24, 2.45) is 0 Å². The molecular formula is C11H15N3O3S. The van der Waals surface area contributed by atoms with Crippen LogP contribution in [0.4, 0.5) is 4.79 Å². The minimum Gasteiger partial charge on any atom is -0.437 e. The van der Waals surface area contributed by atoms with E-state index in [0.29, 0.717) is 5.22 Å². The molecule has 18 heavy (non-hydrogen) atoms. The van der Waals surface area contributed by atoms with Gasteiger partial charge in [0.1, 0.15) is 5.76 Å². The van der Waals surface area contributed by atoms with Crippen molar-refractivity contribution in [2.75, 3.05) is 5.75 Å². The Balaban J connectivity index is 1.72. The number of thioether (sulfide) groups is 1. The molecule has 1 aliphatic rings. The van der Waals surface area contributed by atoms with Gasteiger partial charge in [0.05, 0.1) is 11.4 Å². The molecule has 1 aromatic rings. The Morgan fingerprint density at radius 2 is 2.17 bits per heavy atom. The Labute approximate surface area is 109 Å². The lowest BCUT2D eigenvalue weighted by molar-refractivity contribution is -0.117. The molecule has 1 aliphatic carbocycles. The van der Waals surface area contributed by atoms with E-state index in [0.717, 1.165) is 24.3 Å². The quantitative estimate of drug-likeness (QED) is 0.806. The minimum absolute atomic E-state index is 0.109. The van der Waals surface area contributed by atoms with Crippen LogP contribution in [0.15, 0.2) is 9.64 Å². The topological polar surface area (TPSA) is 84.2 Å². The molecule has 1 aromatic heterocycles. The van der Waals surface area contributed by atoms with Gasteiger partial charge in [-0.15, -0.1) is 0 Å². The Morgan fingerprint density at radius 1 is 1.44 bits per heavy atom. The van der Waals surface area contributed by atoms with E-state index in [4.69, 9.17) is 4.42 Å². The SMILES string of the molecule is Cc1nc(SCC(=O)NC(=O)NC2CC2)oc1C. The summed E-state index contributed by atoms with van der Waals surface area (Å²) in [6.07, 6.45) is 1.98. The lowest BCUT2D eigenvalue weighted by Crippen LogP contribution is -2.41. The van der Waals surface area contributed by atoms with Crippen molar-refractivity contribution in [1.29, 1.82) is 0 Å². The molecule has 0 spiro atoms. The molecule has 0 saturated heterocycles. The Morgan fingerprint density at radius 3 is 2.72 bits per heavy atom. The molecule has 0 atom stereocenters. The highest BCUT2D eigenvalue weighted by atomic mass is 32.2. The molecule has 2 rings (SSSR count). The molecule has 0 aliphatic heterocycles. The van der Waals surface area contributed by atoms with Gasteiger partial charge < -0.3 is 9.73 Å². The van der Waals surface area contributed by atoms with E-state index in [2.05, 4.69) is 15.6 Å². The fourth-order valence-electron chi connectivity index (χ4n) is 1.24. The van der Waals surface area contributed by atoms with Gasteiger partial charge in [-0.3, -0.25) is 10.1 Å². The van der Waals surface area contributed by atoms with Gasteiger partial charge in [-0.25, -0.2) is 9.78 Å². The summed E-state index contributed by atoms with van der Waals surface area (Å²) in [4.78, 5) is 26.9.